The number of carbonyl (C=O) groups excluding carboxylic acids is 2. The van der Waals surface area contributed by atoms with Gasteiger partial charge in [0, 0.05) is 13.0 Å². The lowest BCUT2D eigenvalue weighted by molar-refractivity contribution is -0.122. The quantitative estimate of drug-likeness (QED) is 0.687. The number of aromatic nitrogens is 2. The minimum atomic E-state index is -0.703. The number of nitrogens with zero attached hydrogens (tertiary/aromatic N) is 2. The van der Waals surface area contributed by atoms with Gasteiger partial charge in [0.2, 0.25) is 17.7 Å². The predicted molar refractivity (Wildman–Crippen MR) is 96.6 cm³/mol. The number of nitrogens with one attached hydrogen (secondary N) is 2. The lowest BCUT2D eigenvalue weighted by Crippen LogP contribution is -2.47. The topological polar surface area (TPSA) is 102 Å². The maximum Gasteiger partial charge on any atom is 0.414 e. The average molecular weight is 374 g/mol. The van der Waals surface area contributed by atoms with Gasteiger partial charge >= 0.3 is 6.09 Å². The van der Waals surface area contributed by atoms with Crippen LogP contribution in [0.25, 0.3) is 0 Å². The van der Waals surface area contributed by atoms with E-state index < -0.39 is 12.1 Å². The second-order valence-electron chi connectivity index (χ2n) is 7.81. The van der Waals surface area contributed by atoms with Gasteiger partial charge in [0.05, 0.1) is 12.8 Å². The van der Waals surface area contributed by atoms with Crippen molar-refractivity contribution in [3.63, 3.8) is 0 Å². The number of likely N-dealkylation sites (N-methyl/N-ethyl adjacent to an activating group) is 1. The summed E-state index contributed by atoms with van der Waals surface area (Å²) in [5.41, 5.74) is 0.848. The standard InChI is InChI=1S/C19H26N4O4/c1-20-17(24)14(8-11-2-3-11)22-19(25)27-15-9-21-16(13-6-7-13)18(23-15)26-10-12-4-5-12/h9,11-14H,2-8,10H2,1H3,(H,20,24)(H,22,25)/t14-/m0/s1. The third-order valence-corrected chi connectivity index (χ3v) is 5.18. The van der Waals surface area contributed by atoms with Crippen molar-refractivity contribution in [1.82, 2.24) is 20.6 Å². The van der Waals surface area contributed by atoms with E-state index in [0.29, 0.717) is 36.7 Å². The van der Waals surface area contributed by atoms with Gasteiger partial charge in [-0.2, -0.15) is 4.98 Å². The molecule has 0 spiro atoms. The molecule has 146 valence electrons. The molecule has 1 aromatic rings. The van der Waals surface area contributed by atoms with Gasteiger partial charge in [0.25, 0.3) is 0 Å². The molecule has 1 atom stereocenters. The number of hydrogen-bond donors (Lipinski definition) is 2. The van der Waals surface area contributed by atoms with Crippen LogP contribution in [0.1, 0.15) is 56.6 Å². The molecule has 3 saturated carbocycles. The van der Waals surface area contributed by atoms with Crippen molar-refractivity contribution in [3.8, 4) is 11.8 Å². The van der Waals surface area contributed by atoms with Crippen LogP contribution in [-0.2, 0) is 4.79 Å². The molecular formula is C19H26N4O4. The first-order chi connectivity index (χ1) is 13.1. The van der Waals surface area contributed by atoms with Crippen LogP contribution in [0.2, 0.25) is 0 Å². The lowest BCUT2D eigenvalue weighted by Gasteiger charge is -2.16. The molecular weight excluding hydrogens is 348 g/mol. The summed E-state index contributed by atoms with van der Waals surface area (Å²) in [7, 11) is 1.56. The van der Waals surface area contributed by atoms with Crippen LogP contribution in [0.3, 0.4) is 0 Å². The average Bonchev–Trinajstić information content (AvgIpc) is 3.50. The number of amides is 2. The van der Waals surface area contributed by atoms with Gasteiger partial charge in [-0.3, -0.25) is 4.79 Å². The largest absolute Gasteiger partial charge is 0.476 e. The molecule has 3 aliphatic rings. The van der Waals surface area contributed by atoms with Gasteiger partial charge in [-0.05, 0) is 43.9 Å². The first-order valence-electron chi connectivity index (χ1n) is 9.82. The van der Waals surface area contributed by atoms with E-state index in [2.05, 4.69) is 20.6 Å². The maximum atomic E-state index is 12.2. The van der Waals surface area contributed by atoms with Gasteiger partial charge < -0.3 is 20.1 Å². The number of hydrogen-bond acceptors (Lipinski definition) is 6. The molecule has 2 amide bonds. The lowest BCUT2D eigenvalue weighted by atomic mass is 10.1. The summed E-state index contributed by atoms with van der Waals surface area (Å²) in [6.07, 6.45) is 8.11. The molecule has 0 unspecified atom stereocenters. The van der Waals surface area contributed by atoms with Gasteiger partial charge in [-0.25, -0.2) is 9.78 Å². The van der Waals surface area contributed by atoms with Crippen molar-refractivity contribution in [2.24, 2.45) is 11.8 Å². The van der Waals surface area contributed by atoms with Crippen molar-refractivity contribution < 1.29 is 19.1 Å². The fourth-order valence-corrected chi connectivity index (χ4v) is 3.00. The van der Waals surface area contributed by atoms with E-state index >= 15 is 0 Å². The molecule has 0 saturated heterocycles. The molecule has 0 aromatic carbocycles. The molecule has 8 nitrogen and oxygen atoms in total. The Hall–Kier alpha value is -2.38. The van der Waals surface area contributed by atoms with Crippen LogP contribution in [0.5, 0.6) is 11.8 Å². The summed E-state index contributed by atoms with van der Waals surface area (Å²) in [4.78, 5) is 33.0. The Balaban J connectivity index is 1.38. The van der Waals surface area contributed by atoms with E-state index in [4.69, 9.17) is 9.47 Å². The molecule has 4 rings (SSSR count). The molecule has 0 bridgehead atoms. The Kier molecular flexibility index (Phi) is 5.13. The van der Waals surface area contributed by atoms with E-state index in [-0.39, 0.29) is 11.8 Å². The molecule has 1 aromatic heterocycles. The van der Waals surface area contributed by atoms with Crippen molar-refractivity contribution in [1.29, 1.82) is 0 Å². The first-order valence-corrected chi connectivity index (χ1v) is 9.82. The molecule has 3 fully saturated rings. The zero-order chi connectivity index (χ0) is 18.8. The molecule has 0 aliphatic heterocycles. The number of carbonyl (C=O) groups is 2. The first kappa shape index (κ1) is 18.0. The zero-order valence-electron chi connectivity index (χ0n) is 15.6. The van der Waals surface area contributed by atoms with Gasteiger partial charge in [-0.15, -0.1) is 0 Å². The Morgan fingerprint density at radius 2 is 1.93 bits per heavy atom. The van der Waals surface area contributed by atoms with Crippen molar-refractivity contribution >= 4 is 12.0 Å². The second kappa shape index (κ2) is 7.70. The molecule has 27 heavy (non-hydrogen) atoms. The van der Waals surface area contributed by atoms with Crippen LogP contribution in [-0.4, -0.2) is 41.7 Å². The summed E-state index contributed by atoms with van der Waals surface area (Å²) in [5, 5.41) is 5.21. The SMILES string of the molecule is CNC(=O)[C@H](CC1CC1)NC(=O)Oc1cnc(C2CC2)c(OCC2CC2)n1. The highest BCUT2D eigenvalue weighted by Gasteiger charge is 2.32. The van der Waals surface area contributed by atoms with Crippen LogP contribution in [0.15, 0.2) is 6.20 Å². The van der Waals surface area contributed by atoms with Crippen LogP contribution in [0.4, 0.5) is 4.79 Å². The normalized spacial score (nSPS) is 19.9. The van der Waals surface area contributed by atoms with E-state index in [9.17, 15) is 9.59 Å². The fourth-order valence-electron chi connectivity index (χ4n) is 3.00. The Morgan fingerprint density at radius 1 is 1.19 bits per heavy atom. The molecule has 3 aliphatic carbocycles. The van der Waals surface area contributed by atoms with Gasteiger partial charge in [-0.1, -0.05) is 12.8 Å². The number of ether oxygens (including phenoxy) is 2. The van der Waals surface area contributed by atoms with Crippen LogP contribution in [0, 0.1) is 11.8 Å². The summed E-state index contributed by atoms with van der Waals surface area (Å²) >= 11 is 0. The predicted octanol–water partition coefficient (Wildman–Crippen LogP) is 2.15. The van der Waals surface area contributed by atoms with Crippen molar-refractivity contribution in [3.05, 3.63) is 11.9 Å². The van der Waals surface area contributed by atoms with Gasteiger partial charge in [0.15, 0.2) is 0 Å². The van der Waals surface area contributed by atoms with Crippen LogP contribution < -0.4 is 20.1 Å². The minimum absolute atomic E-state index is 0.0878. The Bertz CT molecular complexity index is 714. The van der Waals surface area contributed by atoms with E-state index in [1.807, 2.05) is 0 Å². The van der Waals surface area contributed by atoms with E-state index in [1.165, 1.54) is 19.0 Å². The highest BCUT2D eigenvalue weighted by atomic mass is 16.6. The monoisotopic (exact) mass is 374 g/mol. The zero-order valence-corrected chi connectivity index (χ0v) is 15.6. The maximum absolute atomic E-state index is 12.2. The van der Waals surface area contributed by atoms with E-state index in [0.717, 1.165) is 31.4 Å². The smallest absolute Gasteiger partial charge is 0.414 e. The third-order valence-electron chi connectivity index (χ3n) is 5.18. The molecule has 2 N–H and O–H groups in total. The molecule has 8 heteroatoms. The molecule has 1 heterocycles. The summed E-state index contributed by atoms with van der Waals surface area (Å²) in [5.74, 6) is 1.82. The fraction of sp³-hybridized carbons (Fsp3) is 0.684. The highest BCUT2D eigenvalue weighted by Crippen LogP contribution is 2.43. The van der Waals surface area contributed by atoms with Crippen molar-refractivity contribution in [2.45, 2.75) is 56.9 Å². The van der Waals surface area contributed by atoms with Gasteiger partial charge in [0.1, 0.15) is 11.7 Å². The third kappa shape index (κ3) is 5.08. The summed E-state index contributed by atoms with van der Waals surface area (Å²) < 4.78 is 11.1. The summed E-state index contributed by atoms with van der Waals surface area (Å²) in [6.45, 7) is 0.629. The number of rotatable bonds is 9. The van der Waals surface area contributed by atoms with E-state index in [1.54, 1.807) is 7.05 Å². The second-order valence-corrected chi connectivity index (χ2v) is 7.81. The van der Waals surface area contributed by atoms with Crippen molar-refractivity contribution in [2.75, 3.05) is 13.7 Å². The highest BCUT2D eigenvalue weighted by molar-refractivity contribution is 5.85. The molecule has 0 radical (unpaired) electrons. The Morgan fingerprint density at radius 3 is 2.56 bits per heavy atom. The Labute approximate surface area is 158 Å². The van der Waals surface area contributed by atoms with Crippen LogP contribution >= 0.6 is 0 Å². The summed E-state index contributed by atoms with van der Waals surface area (Å²) in [6, 6.07) is -0.598. The minimum Gasteiger partial charge on any atom is -0.476 e.